The third-order valence-corrected chi connectivity index (χ3v) is 3.24. The van der Waals surface area contributed by atoms with Crippen LogP contribution in [0.4, 0.5) is 5.69 Å². The molecule has 0 spiro atoms. The molecule has 3 heteroatoms. The molecule has 0 atom stereocenters. The van der Waals surface area contributed by atoms with Gasteiger partial charge in [-0.1, -0.05) is 35.5 Å². The Labute approximate surface area is 112 Å². The summed E-state index contributed by atoms with van der Waals surface area (Å²) in [5, 5.41) is 6.42. The van der Waals surface area contributed by atoms with Crippen LogP contribution in [-0.4, -0.2) is 12.2 Å². The van der Waals surface area contributed by atoms with Gasteiger partial charge >= 0.3 is 0 Å². The molecule has 3 nitrogen and oxygen atoms in total. The zero-order chi connectivity index (χ0) is 13.2. The van der Waals surface area contributed by atoms with Crippen LogP contribution in [0.3, 0.4) is 0 Å². The van der Waals surface area contributed by atoms with Crippen molar-refractivity contribution in [2.75, 3.05) is 11.9 Å². The molecule has 0 bridgehead atoms. The zero-order valence-electron chi connectivity index (χ0n) is 11.1. The van der Waals surface area contributed by atoms with E-state index in [2.05, 4.69) is 59.6 Å². The maximum absolute atomic E-state index is 5.25. The smallest absolute Gasteiger partial charge is 0.156 e. The molecule has 0 saturated heterocycles. The van der Waals surface area contributed by atoms with Gasteiger partial charge in [0.25, 0.3) is 0 Å². The Morgan fingerprint density at radius 1 is 1.05 bits per heavy atom. The zero-order valence-corrected chi connectivity index (χ0v) is 11.1. The fourth-order valence-corrected chi connectivity index (χ4v) is 2.23. The molecule has 19 heavy (non-hydrogen) atoms. The molecule has 0 fully saturated rings. The number of anilines is 1. The summed E-state index contributed by atoms with van der Waals surface area (Å²) in [5.74, 6) is 0.883. The van der Waals surface area contributed by atoms with Crippen molar-refractivity contribution in [3.63, 3.8) is 0 Å². The molecule has 3 rings (SSSR count). The predicted octanol–water partition coefficient (Wildman–Crippen LogP) is 3.77. The van der Waals surface area contributed by atoms with E-state index in [9.17, 15) is 0 Å². The molecule has 0 aliphatic heterocycles. The van der Waals surface area contributed by atoms with Gasteiger partial charge in [0.2, 0.25) is 0 Å². The second kappa shape index (κ2) is 4.76. The van der Waals surface area contributed by atoms with E-state index >= 15 is 0 Å². The number of benzene rings is 2. The molecule has 0 radical (unpaired) electrons. The molecule has 0 saturated carbocycles. The van der Waals surface area contributed by atoms with Crippen molar-refractivity contribution in [3.8, 4) is 0 Å². The van der Waals surface area contributed by atoms with E-state index in [1.165, 1.54) is 16.5 Å². The van der Waals surface area contributed by atoms with Crippen LogP contribution >= 0.6 is 0 Å². The summed E-state index contributed by atoms with van der Waals surface area (Å²) in [6.07, 6.45) is 0. The van der Waals surface area contributed by atoms with E-state index in [1.54, 1.807) is 0 Å². The maximum atomic E-state index is 5.25. The average Bonchev–Trinajstić information content (AvgIpc) is 2.83. The minimum Gasteiger partial charge on any atom is -0.367 e. The number of fused-ring (bicyclic) bond motifs is 1. The first-order valence-corrected chi connectivity index (χ1v) is 6.34. The van der Waals surface area contributed by atoms with Crippen molar-refractivity contribution < 1.29 is 4.52 Å². The first-order chi connectivity index (χ1) is 9.22. The fraction of sp³-hybridized carbons (Fsp3) is 0.188. The lowest BCUT2D eigenvalue weighted by Gasteiger charge is -2.18. The monoisotopic (exact) mass is 252 g/mol. The largest absolute Gasteiger partial charge is 0.367 e. The molecule has 1 heterocycles. The van der Waals surface area contributed by atoms with Crippen LogP contribution in [-0.2, 0) is 6.54 Å². The second-order valence-corrected chi connectivity index (χ2v) is 4.82. The molecule has 0 aliphatic carbocycles. The summed E-state index contributed by atoms with van der Waals surface area (Å²) in [6, 6.07) is 16.8. The minimum atomic E-state index is 0.721. The normalized spacial score (nSPS) is 10.8. The predicted molar refractivity (Wildman–Crippen MR) is 77.3 cm³/mol. The highest BCUT2D eigenvalue weighted by molar-refractivity contribution is 5.85. The Morgan fingerprint density at radius 3 is 2.58 bits per heavy atom. The third-order valence-electron chi connectivity index (χ3n) is 3.24. The van der Waals surface area contributed by atoms with E-state index in [-0.39, 0.29) is 0 Å². The van der Waals surface area contributed by atoms with Crippen LogP contribution in [0.1, 0.15) is 11.5 Å². The van der Waals surface area contributed by atoms with E-state index in [0.29, 0.717) is 0 Å². The highest BCUT2D eigenvalue weighted by Crippen LogP contribution is 2.22. The van der Waals surface area contributed by atoms with Crippen molar-refractivity contribution in [1.82, 2.24) is 5.16 Å². The lowest BCUT2D eigenvalue weighted by Crippen LogP contribution is -2.15. The quantitative estimate of drug-likeness (QED) is 0.710. The minimum absolute atomic E-state index is 0.721. The number of nitrogens with zero attached hydrogens (tertiary/aromatic N) is 2. The Morgan fingerprint density at radius 2 is 1.84 bits per heavy atom. The molecule has 2 aromatic carbocycles. The Bertz CT molecular complexity index is 703. The van der Waals surface area contributed by atoms with Crippen LogP contribution < -0.4 is 4.90 Å². The van der Waals surface area contributed by atoms with Crippen molar-refractivity contribution in [2.45, 2.75) is 13.5 Å². The molecule has 0 amide bonds. The van der Waals surface area contributed by atoms with Gasteiger partial charge in [0.15, 0.2) is 5.76 Å². The standard InChI is InChI=1S/C16H16N2O/c1-12-9-16(19-17-12)11-18(2)15-8-7-13-5-3-4-6-14(13)10-15/h3-10H,11H2,1-2H3. The number of hydrogen-bond donors (Lipinski definition) is 0. The first-order valence-electron chi connectivity index (χ1n) is 6.34. The Hall–Kier alpha value is -2.29. The van der Waals surface area contributed by atoms with E-state index < -0.39 is 0 Å². The Balaban J connectivity index is 1.86. The molecular weight excluding hydrogens is 236 g/mol. The third kappa shape index (κ3) is 2.45. The Kier molecular flexibility index (Phi) is 2.95. The summed E-state index contributed by atoms with van der Waals surface area (Å²) in [4.78, 5) is 2.16. The van der Waals surface area contributed by atoms with Crippen molar-refractivity contribution in [1.29, 1.82) is 0 Å². The van der Waals surface area contributed by atoms with E-state index in [4.69, 9.17) is 4.52 Å². The molecular formula is C16H16N2O. The van der Waals surface area contributed by atoms with Crippen LogP contribution in [0.15, 0.2) is 53.1 Å². The molecule has 0 unspecified atom stereocenters. The molecule has 3 aromatic rings. The second-order valence-electron chi connectivity index (χ2n) is 4.82. The van der Waals surface area contributed by atoms with Gasteiger partial charge in [-0.2, -0.15) is 0 Å². The fourth-order valence-electron chi connectivity index (χ4n) is 2.23. The van der Waals surface area contributed by atoms with Gasteiger partial charge in [0.05, 0.1) is 12.2 Å². The SMILES string of the molecule is Cc1cc(CN(C)c2ccc3ccccc3c2)on1. The van der Waals surface area contributed by atoms with E-state index in [0.717, 1.165) is 18.0 Å². The molecule has 96 valence electrons. The highest BCUT2D eigenvalue weighted by Gasteiger charge is 2.06. The van der Waals surface area contributed by atoms with Crippen LogP contribution in [0.25, 0.3) is 10.8 Å². The van der Waals surface area contributed by atoms with Crippen molar-refractivity contribution in [3.05, 3.63) is 60.0 Å². The summed E-state index contributed by atoms with van der Waals surface area (Å²) < 4.78 is 5.25. The number of aryl methyl sites for hydroxylation is 1. The average molecular weight is 252 g/mol. The van der Waals surface area contributed by atoms with Crippen LogP contribution in [0.5, 0.6) is 0 Å². The molecule has 1 aromatic heterocycles. The highest BCUT2D eigenvalue weighted by atomic mass is 16.5. The number of rotatable bonds is 3. The van der Waals surface area contributed by atoms with Gasteiger partial charge in [-0.15, -0.1) is 0 Å². The van der Waals surface area contributed by atoms with Crippen LogP contribution in [0.2, 0.25) is 0 Å². The summed E-state index contributed by atoms with van der Waals surface area (Å²) in [6.45, 7) is 2.65. The van der Waals surface area contributed by atoms with Gasteiger partial charge in [-0.3, -0.25) is 0 Å². The lowest BCUT2D eigenvalue weighted by molar-refractivity contribution is 0.379. The van der Waals surface area contributed by atoms with Gasteiger partial charge in [0, 0.05) is 18.8 Å². The number of aromatic nitrogens is 1. The summed E-state index contributed by atoms with van der Waals surface area (Å²) in [7, 11) is 2.06. The van der Waals surface area contributed by atoms with Gasteiger partial charge in [0.1, 0.15) is 0 Å². The summed E-state index contributed by atoms with van der Waals surface area (Å²) in [5.41, 5.74) is 2.09. The van der Waals surface area contributed by atoms with Crippen LogP contribution in [0, 0.1) is 6.92 Å². The van der Waals surface area contributed by atoms with Gasteiger partial charge in [-0.05, 0) is 29.8 Å². The van der Waals surface area contributed by atoms with E-state index in [1.807, 2.05) is 13.0 Å². The molecule has 0 N–H and O–H groups in total. The first kappa shape index (κ1) is 11.8. The topological polar surface area (TPSA) is 29.3 Å². The lowest BCUT2D eigenvalue weighted by atomic mass is 10.1. The number of hydrogen-bond acceptors (Lipinski definition) is 3. The summed E-state index contributed by atoms with van der Waals surface area (Å²) >= 11 is 0. The van der Waals surface area contributed by atoms with Gasteiger partial charge in [-0.25, -0.2) is 0 Å². The van der Waals surface area contributed by atoms with Crippen molar-refractivity contribution >= 4 is 16.5 Å². The maximum Gasteiger partial charge on any atom is 0.156 e. The van der Waals surface area contributed by atoms with Gasteiger partial charge < -0.3 is 9.42 Å². The molecule has 0 aliphatic rings. The van der Waals surface area contributed by atoms with Crippen molar-refractivity contribution in [2.24, 2.45) is 0 Å².